The fraction of sp³-hybridized carbons (Fsp3) is 0.471. The number of carboxylic acids is 1. The molecule has 0 radical (unpaired) electrons. The van der Waals surface area contributed by atoms with Gasteiger partial charge in [-0.25, -0.2) is 0 Å². The normalized spacial score (nSPS) is 29.0. The van der Waals surface area contributed by atoms with E-state index < -0.39 is 43.3 Å². The third-order valence-electron chi connectivity index (χ3n) is 4.38. The number of fused-ring (bicyclic) bond motifs is 1. The largest absolute Gasteiger partial charge is 0.481 e. The highest BCUT2D eigenvalue weighted by molar-refractivity contribution is 5.84. The van der Waals surface area contributed by atoms with Crippen LogP contribution in [0.15, 0.2) is 28.9 Å². The fourth-order valence-electron chi connectivity index (χ4n) is 2.97. The molecular weight excluding hydrogens is 348 g/mol. The van der Waals surface area contributed by atoms with Crippen LogP contribution in [0.25, 0.3) is 11.0 Å². The van der Waals surface area contributed by atoms with Crippen LogP contribution in [0, 0.1) is 0 Å². The number of aliphatic hydroxyl groups excluding tert-OH is 4. The maximum Gasteiger partial charge on any atom is 0.303 e. The van der Waals surface area contributed by atoms with Crippen LogP contribution in [0.1, 0.15) is 12.0 Å². The van der Waals surface area contributed by atoms with Gasteiger partial charge < -0.3 is 39.4 Å². The average Bonchev–Trinajstić information content (AvgIpc) is 3.09. The molecule has 3 rings (SSSR count). The summed E-state index contributed by atoms with van der Waals surface area (Å²) >= 11 is 0. The maximum absolute atomic E-state index is 10.9. The third-order valence-corrected chi connectivity index (χ3v) is 4.38. The second-order valence-electron chi connectivity index (χ2n) is 6.08. The Morgan fingerprint density at radius 3 is 2.58 bits per heavy atom. The van der Waals surface area contributed by atoms with Crippen molar-refractivity contribution in [3.05, 3.63) is 30.0 Å². The van der Waals surface area contributed by atoms with Gasteiger partial charge in [0.2, 0.25) is 6.29 Å². The van der Waals surface area contributed by atoms with Crippen LogP contribution in [0.3, 0.4) is 0 Å². The number of carboxylic acid groups (broad SMARTS) is 1. The van der Waals surface area contributed by atoms with Gasteiger partial charge in [0.1, 0.15) is 35.7 Å². The first kappa shape index (κ1) is 18.6. The zero-order chi connectivity index (χ0) is 18.8. The van der Waals surface area contributed by atoms with E-state index >= 15 is 0 Å². The van der Waals surface area contributed by atoms with Crippen molar-refractivity contribution in [1.82, 2.24) is 0 Å². The molecule has 9 heteroatoms. The van der Waals surface area contributed by atoms with Crippen LogP contribution in [-0.4, -0.2) is 68.8 Å². The van der Waals surface area contributed by atoms with E-state index in [4.69, 9.17) is 19.0 Å². The van der Waals surface area contributed by atoms with Crippen molar-refractivity contribution in [3.63, 3.8) is 0 Å². The number of carbonyl (C=O) groups is 1. The molecule has 9 nitrogen and oxygen atoms in total. The van der Waals surface area contributed by atoms with Gasteiger partial charge >= 0.3 is 5.97 Å². The number of rotatable bonds is 6. The quantitative estimate of drug-likeness (QED) is 0.460. The van der Waals surface area contributed by atoms with E-state index in [0.717, 1.165) is 0 Å². The SMILES string of the molecule is O=C(O)CCc1c(O[C@@H]2O[C@H](CO)[C@@H](O)[C@H](O)[C@H]2O)ccc2occc12. The van der Waals surface area contributed by atoms with Gasteiger partial charge in [-0.2, -0.15) is 0 Å². The number of hydrogen-bond acceptors (Lipinski definition) is 8. The lowest BCUT2D eigenvalue weighted by Gasteiger charge is -2.39. The van der Waals surface area contributed by atoms with E-state index in [1.54, 1.807) is 18.2 Å². The number of benzene rings is 1. The van der Waals surface area contributed by atoms with Crippen LogP contribution < -0.4 is 4.74 Å². The third kappa shape index (κ3) is 3.53. The van der Waals surface area contributed by atoms with Gasteiger partial charge in [-0.1, -0.05) is 0 Å². The Bertz CT molecular complexity index is 769. The first-order valence-electron chi connectivity index (χ1n) is 8.10. The molecule has 0 unspecified atom stereocenters. The fourth-order valence-corrected chi connectivity index (χ4v) is 2.97. The lowest BCUT2D eigenvalue weighted by molar-refractivity contribution is -0.277. The zero-order valence-electron chi connectivity index (χ0n) is 13.7. The molecule has 0 bridgehead atoms. The van der Waals surface area contributed by atoms with Crippen LogP contribution in [0.2, 0.25) is 0 Å². The van der Waals surface area contributed by atoms with Crippen molar-refractivity contribution >= 4 is 16.9 Å². The van der Waals surface area contributed by atoms with Crippen molar-refractivity contribution in [2.45, 2.75) is 43.5 Å². The van der Waals surface area contributed by atoms with E-state index in [1.165, 1.54) is 6.26 Å². The second-order valence-corrected chi connectivity index (χ2v) is 6.08. The predicted octanol–water partition coefficient (Wildman–Crippen LogP) is -0.371. The van der Waals surface area contributed by atoms with E-state index in [1.807, 2.05) is 0 Å². The summed E-state index contributed by atoms with van der Waals surface area (Å²) in [6.45, 7) is -0.572. The Morgan fingerprint density at radius 2 is 1.88 bits per heavy atom. The number of aliphatic hydroxyl groups is 4. The molecule has 0 saturated carbocycles. The van der Waals surface area contributed by atoms with Crippen molar-refractivity contribution < 1.29 is 44.2 Å². The average molecular weight is 368 g/mol. The van der Waals surface area contributed by atoms with Gasteiger partial charge in [-0.05, 0) is 24.6 Å². The Morgan fingerprint density at radius 1 is 1.12 bits per heavy atom. The monoisotopic (exact) mass is 368 g/mol. The smallest absolute Gasteiger partial charge is 0.303 e. The van der Waals surface area contributed by atoms with Crippen LogP contribution in [0.4, 0.5) is 0 Å². The lowest BCUT2D eigenvalue weighted by Crippen LogP contribution is -2.60. The summed E-state index contributed by atoms with van der Waals surface area (Å²) in [5, 5.41) is 48.7. The molecule has 26 heavy (non-hydrogen) atoms. The summed E-state index contributed by atoms with van der Waals surface area (Å²) < 4.78 is 16.3. The molecule has 142 valence electrons. The molecule has 1 fully saturated rings. The molecule has 1 saturated heterocycles. The summed E-state index contributed by atoms with van der Waals surface area (Å²) in [6, 6.07) is 4.84. The Kier molecular flexibility index (Phi) is 5.44. The Balaban J connectivity index is 1.89. The van der Waals surface area contributed by atoms with Gasteiger partial charge in [0.15, 0.2) is 0 Å². The molecule has 1 aliphatic heterocycles. The first-order chi connectivity index (χ1) is 12.4. The van der Waals surface area contributed by atoms with E-state index in [9.17, 15) is 25.2 Å². The van der Waals surface area contributed by atoms with Crippen LogP contribution in [0.5, 0.6) is 5.75 Å². The van der Waals surface area contributed by atoms with Crippen molar-refractivity contribution in [2.75, 3.05) is 6.61 Å². The van der Waals surface area contributed by atoms with E-state index in [-0.39, 0.29) is 18.6 Å². The molecule has 0 aliphatic carbocycles. The molecule has 1 aromatic heterocycles. The number of aryl methyl sites for hydroxylation is 1. The number of hydrogen-bond donors (Lipinski definition) is 5. The van der Waals surface area contributed by atoms with E-state index in [0.29, 0.717) is 16.5 Å². The summed E-state index contributed by atoms with van der Waals surface area (Å²) in [5.41, 5.74) is 1.10. The summed E-state index contributed by atoms with van der Waals surface area (Å²) in [6.07, 6.45) is -5.58. The molecule has 1 aromatic carbocycles. The second kappa shape index (κ2) is 7.60. The minimum absolute atomic E-state index is 0.144. The first-order valence-corrected chi connectivity index (χ1v) is 8.10. The van der Waals surface area contributed by atoms with Gasteiger partial charge in [-0.3, -0.25) is 4.79 Å². The minimum Gasteiger partial charge on any atom is -0.481 e. The molecule has 0 spiro atoms. The number of ether oxygens (including phenoxy) is 2. The van der Waals surface area contributed by atoms with Gasteiger partial charge in [0.05, 0.1) is 12.9 Å². The number of furan rings is 1. The zero-order valence-corrected chi connectivity index (χ0v) is 13.7. The molecule has 2 aromatic rings. The topological polar surface area (TPSA) is 150 Å². The van der Waals surface area contributed by atoms with Gasteiger partial charge in [0.25, 0.3) is 0 Å². The Hall–Kier alpha value is -2.17. The van der Waals surface area contributed by atoms with Crippen LogP contribution >= 0.6 is 0 Å². The summed E-state index contributed by atoms with van der Waals surface area (Å²) in [4.78, 5) is 10.9. The minimum atomic E-state index is -1.56. The van der Waals surface area contributed by atoms with Crippen molar-refractivity contribution in [2.24, 2.45) is 0 Å². The molecular formula is C17H20O9. The Labute approximate surface area is 148 Å². The molecule has 0 amide bonds. The predicted molar refractivity (Wildman–Crippen MR) is 86.6 cm³/mol. The van der Waals surface area contributed by atoms with Crippen LogP contribution in [-0.2, 0) is 16.0 Å². The number of aliphatic carboxylic acids is 1. The van der Waals surface area contributed by atoms with Crippen molar-refractivity contribution in [1.29, 1.82) is 0 Å². The molecule has 2 heterocycles. The van der Waals surface area contributed by atoms with Gasteiger partial charge in [0, 0.05) is 17.4 Å². The summed E-state index contributed by atoms with van der Waals surface area (Å²) in [7, 11) is 0. The lowest BCUT2D eigenvalue weighted by atomic mass is 9.99. The maximum atomic E-state index is 10.9. The highest BCUT2D eigenvalue weighted by atomic mass is 16.7. The summed E-state index contributed by atoms with van der Waals surface area (Å²) in [5.74, 6) is -0.728. The standard InChI is InChI=1S/C17H20O9/c18-7-12-14(21)15(22)16(23)17(26-12)25-11-3-2-10-9(5-6-24-10)8(11)1-4-13(19)20/h2-3,5-6,12,14-18,21-23H,1,4,7H2,(H,19,20)/t12-,14-,15+,16-,17-/m1/s1. The van der Waals surface area contributed by atoms with E-state index in [2.05, 4.69) is 0 Å². The highest BCUT2D eigenvalue weighted by Crippen LogP contribution is 2.33. The van der Waals surface area contributed by atoms with Crippen molar-refractivity contribution in [3.8, 4) is 5.75 Å². The molecule has 1 aliphatic rings. The molecule has 5 atom stereocenters. The van der Waals surface area contributed by atoms with Gasteiger partial charge in [-0.15, -0.1) is 0 Å². The highest BCUT2D eigenvalue weighted by Gasteiger charge is 2.44. The molecule has 5 N–H and O–H groups in total.